The van der Waals surface area contributed by atoms with E-state index in [0.717, 1.165) is 25.3 Å². The van der Waals surface area contributed by atoms with Gasteiger partial charge in [-0.05, 0) is 25.8 Å². The maximum Gasteiger partial charge on any atom is 0.321 e. The average Bonchev–Trinajstić information content (AvgIpc) is 2.86. The van der Waals surface area contributed by atoms with Gasteiger partial charge in [-0.2, -0.15) is 0 Å². The second-order valence-corrected chi connectivity index (χ2v) is 4.65. The summed E-state index contributed by atoms with van der Waals surface area (Å²) < 4.78 is 2.06. The molecule has 2 unspecified atom stereocenters. The predicted octanol–water partition coefficient (Wildman–Crippen LogP) is 1.20. The van der Waals surface area contributed by atoms with Gasteiger partial charge in [-0.1, -0.05) is 6.92 Å². The molecule has 0 spiro atoms. The lowest BCUT2D eigenvalue weighted by Gasteiger charge is -2.22. The van der Waals surface area contributed by atoms with E-state index >= 15 is 0 Å². The Balaban J connectivity index is 2.11. The third kappa shape index (κ3) is 2.34. The van der Waals surface area contributed by atoms with E-state index in [4.69, 9.17) is 0 Å². The van der Waals surface area contributed by atoms with E-state index < -0.39 is 5.97 Å². The van der Waals surface area contributed by atoms with Crippen molar-refractivity contribution in [3.8, 4) is 0 Å². The molecule has 1 N–H and O–H groups in total. The van der Waals surface area contributed by atoms with Crippen molar-refractivity contribution in [3.63, 3.8) is 0 Å². The highest BCUT2D eigenvalue weighted by molar-refractivity contribution is 5.74. The van der Waals surface area contributed by atoms with Gasteiger partial charge in [-0.15, -0.1) is 0 Å². The number of hydrogen-bond donors (Lipinski definition) is 1. The molecule has 1 aromatic heterocycles. The lowest BCUT2D eigenvalue weighted by molar-refractivity contribution is -0.143. The SMILES string of the molecule is CCn1ccnc1CN1CCC(C)C1C(=O)O. The number of carboxylic acid groups (broad SMARTS) is 1. The molecule has 1 aliphatic heterocycles. The molecule has 0 radical (unpaired) electrons. The first-order valence-corrected chi connectivity index (χ1v) is 6.10. The smallest absolute Gasteiger partial charge is 0.321 e. The zero-order chi connectivity index (χ0) is 12.4. The highest BCUT2D eigenvalue weighted by Crippen LogP contribution is 2.25. The van der Waals surface area contributed by atoms with Crippen LogP contribution >= 0.6 is 0 Å². The molecule has 1 aromatic rings. The molecule has 2 atom stereocenters. The van der Waals surface area contributed by atoms with Crippen LogP contribution in [0.3, 0.4) is 0 Å². The van der Waals surface area contributed by atoms with Crippen molar-refractivity contribution >= 4 is 5.97 Å². The second kappa shape index (κ2) is 4.87. The summed E-state index contributed by atoms with van der Waals surface area (Å²) in [6.07, 6.45) is 4.66. The van der Waals surface area contributed by atoms with Gasteiger partial charge >= 0.3 is 5.97 Å². The molecule has 94 valence electrons. The Bertz CT molecular complexity index is 402. The van der Waals surface area contributed by atoms with Crippen LogP contribution in [0.25, 0.3) is 0 Å². The zero-order valence-electron chi connectivity index (χ0n) is 10.3. The predicted molar refractivity (Wildman–Crippen MR) is 63.5 cm³/mol. The molecule has 2 rings (SSSR count). The van der Waals surface area contributed by atoms with Gasteiger partial charge in [-0.25, -0.2) is 4.98 Å². The first kappa shape index (κ1) is 12.1. The summed E-state index contributed by atoms with van der Waals surface area (Å²) in [5.74, 6) is 0.454. The molecule has 1 fully saturated rings. The number of nitrogens with zero attached hydrogens (tertiary/aromatic N) is 3. The topological polar surface area (TPSA) is 58.4 Å². The summed E-state index contributed by atoms with van der Waals surface area (Å²) >= 11 is 0. The van der Waals surface area contributed by atoms with E-state index in [0.29, 0.717) is 6.54 Å². The summed E-state index contributed by atoms with van der Waals surface area (Å²) in [6.45, 7) is 6.41. The average molecular weight is 237 g/mol. The summed E-state index contributed by atoms with van der Waals surface area (Å²) in [5, 5.41) is 9.24. The minimum Gasteiger partial charge on any atom is -0.480 e. The summed E-state index contributed by atoms with van der Waals surface area (Å²) in [7, 11) is 0. The highest BCUT2D eigenvalue weighted by atomic mass is 16.4. The number of hydrogen-bond acceptors (Lipinski definition) is 3. The minimum atomic E-state index is -0.718. The summed E-state index contributed by atoms with van der Waals surface area (Å²) in [5.41, 5.74) is 0. The van der Waals surface area contributed by atoms with Gasteiger partial charge in [0.2, 0.25) is 0 Å². The molecule has 5 nitrogen and oxygen atoms in total. The highest BCUT2D eigenvalue weighted by Gasteiger charge is 2.36. The van der Waals surface area contributed by atoms with Crippen molar-refractivity contribution in [3.05, 3.63) is 18.2 Å². The number of carboxylic acids is 1. The lowest BCUT2D eigenvalue weighted by Crippen LogP contribution is -2.39. The largest absolute Gasteiger partial charge is 0.480 e. The number of aromatic nitrogens is 2. The fourth-order valence-corrected chi connectivity index (χ4v) is 2.56. The monoisotopic (exact) mass is 237 g/mol. The lowest BCUT2D eigenvalue weighted by atomic mass is 10.0. The van der Waals surface area contributed by atoms with E-state index in [-0.39, 0.29) is 12.0 Å². The van der Waals surface area contributed by atoms with Crippen molar-refractivity contribution in [1.82, 2.24) is 14.5 Å². The third-order valence-corrected chi connectivity index (χ3v) is 3.54. The molecule has 0 aromatic carbocycles. The molecule has 2 heterocycles. The number of rotatable bonds is 4. The van der Waals surface area contributed by atoms with E-state index in [2.05, 4.69) is 16.5 Å². The van der Waals surface area contributed by atoms with Crippen LogP contribution in [-0.2, 0) is 17.9 Å². The Morgan fingerprint density at radius 2 is 2.41 bits per heavy atom. The first-order chi connectivity index (χ1) is 8.13. The fourth-order valence-electron chi connectivity index (χ4n) is 2.56. The van der Waals surface area contributed by atoms with E-state index in [9.17, 15) is 9.90 Å². The van der Waals surface area contributed by atoms with Crippen molar-refractivity contribution in [2.45, 2.75) is 39.4 Å². The van der Waals surface area contributed by atoms with Crippen LogP contribution in [0, 0.1) is 5.92 Å². The number of likely N-dealkylation sites (tertiary alicyclic amines) is 1. The Labute approximate surface area is 101 Å². The maximum absolute atomic E-state index is 11.2. The minimum absolute atomic E-state index is 0.220. The Morgan fingerprint density at radius 1 is 1.65 bits per heavy atom. The molecule has 0 aliphatic carbocycles. The van der Waals surface area contributed by atoms with Crippen LogP contribution in [0.1, 0.15) is 26.1 Å². The van der Waals surface area contributed by atoms with Gasteiger partial charge < -0.3 is 9.67 Å². The third-order valence-electron chi connectivity index (χ3n) is 3.54. The van der Waals surface area contributed by atoms with Gasteiger partial charge in [0, 0.05) is 18.9 Å². The van der Waals surface area contributed by atoms with Crippen molar-refractivity contribution in [2.75, 3.05) is 6.54 Å². The molecule has 1 saturated heterocycles. The van der Waals surface area contributed by atoms with Crippen LogP contribution in [0.2, 0.25) is 0 Å². The quantitative estimate of drug-likeness (QED) is 0.854. The molecule has 5 heteroatoms. The van der Waals surface area contributed by atoms with Gasteiger partial charge in [0.05, 0.1) is 6.54 Å². The molecule has 0 saturated carbocycles. The molecular formula is C12H19N3O2. The molecular weight excluding hydrogens is 218 g/mol. The number of aryl methyl sites for hydroxylation is 1. The number of imidazole rings is 1. The molecule has 0 bridgehead atoms. The Morgan fingerprint density at radius 3 is 3.06 bits per heavy atom. The Hall–Kier alpha value is -1.36. The van der Waals surface area contributed by atoms with Crippen LogP contribution < -0.4 is 0 Å². The second-order valence-electron chi connectivity index (χ2n) is 4.65. The summed E-state index contributed by atoms with van der Waals surface area (Å²) in [4.78, 5) is 17.5. The first-order valence-electron chi connectivity index (χ1n) is 6.10. The van der Waals surface area contributed by atoms with E-state index in [1.165, 1.54) is 0 Å². The maximum atomic E-state index is 11.2. The Kier molecular flexibility index (Phi) is 3.47. The zero-order valence-corrected chi connectivity index (χ0v) is 10.3. The van der Waals surface area contributed by atoms with E-state index in [1.54, 1.807) is 6.20 Å². The van der Waals surface area contributed by atoms with Gasteiger partial charge in [-0.3, -0.25) is 9.69 Å². The van der Waals surface area contributed by atoms with Gasteiger partial charge in [0.1, 0.15) is 11.9 Å². The van der Waals surface area contributed by atoms with Gasteiger partial charge in [0.15, 0.2) is 0 Å². The summed E-state index contributed by atoms with van der Waals surface area (Å²) in [6, 6.07) is -0.364. The molecule has 17 heavy (non-hydrogen) atoms. The van der Waals surface area contributed by atoms with E-state index in [1.807, 2.05) is 18.0 Å². The van der Waals surface area contributed by atoms with Crippen LogP contribution in [0.15, 0.2) is 12.4 Å². The van der Waals surface area contributed by atoms with Crippen molar-refractivity contribution in [2.24, 2.45) is 5.92 Å². The van der Waals surface area contributed by atoms with Crippen LogP contribution in [0.4, 0.5) is 0 Å². The normalized spacial score (nSPS) is 25.3. The standard InChI is InChI=1S/C12H19N3O2/c1-3-14-7-5-13-10(14)8-15-6-4-9(2)11(15)12(16)17/h5,7,9,11H,3-4,6,8H2,1-2H3,(H,16,17). The van der Waals surface area contributed by atoms with Crippen LogP contribution in [0.5, 0.6) is 0 Å². The number of aliphatic carboxylic acids is 1. The molecule has 1 aliphatic rings. The van der Waals surface area contributed by atoms with Crippen molar-refractivity contribution in [1.29, 1.82) is 0 Å². The number of carbonyl (C=O) groups is 1. The fraction of sp³-hybridized carbons (Fsp3) is 0.667. The van der Waals surface area contributed by atoms with Crippen LogP contribution in [-0.4, -0.2) is 38.1 Å². The molecule has 0 amide bonds. The van der Waals surface area contributed by atoms with Gasteiger partial charge in [0.25, 0.3) is 0 Å². The van der Waals surface area contributed by atoms with Crippen molar-refractivity contribution < 1.29 is 9.90 Å².